The van der Waals surface area contributed by atoms with E-state index in [0.717, 1.165) is 16.8 Å². The Hall–Kier alpha value is -2.33. The molecule has 0 saturated heterocycles. The van der Waals surface area contributed by atoms with E-state index in [1.165, 1.54) is 0 Å². The van der Waals surface area contributed by atoms with Crippen LogP contribution in [0, 0.1) is 5.92 Å². The molecule has 1 aliphatic rings. The molecule has 0 fully saturated rings. The molecule has 1 heterocycles. The van der Waals surface area contributed by atoms with E-state index in [-0.39, 0.29) is 17.9 Å². The maximum absolute atomic E-state index is 12.7. The van der Waals surface area contributed by atoms with Crippen LogP contribution in [0.1, 0.15) is 31.4 Å². The number of oxime groups is 1. The molecule has 0 aromatic heterocycles. The summed E-state index contributed by atoms with van der Waals surface area (Å²) in [5, 5.41) is 4.87. The summed E-state index contributed by atoms with van der Waals surface area (Å²) >= 11 is 6.26. The van der Waals surface area contributed by atoms with Crippen molar-refractivity contribution in [2.75, 3.05) is 6.54 Å². The normalized spacial score (nSPS) is 16.3. The average molecular weight is 371 g/mol. The van der Waals surface area contributed by atoms with E-state index in [0.29, 0.717) is 24.5 Å². The summed E-state index contributed by atoms with van der Waals surface area (Å²) in [7, 11) is 0. The number of rotatable bonds is 6. The molecule has 0 spiro atoms. The van der Waals surface area contributed by atoms with Crippen molar-refractivity contribution >= 4 is 23.2 Å². The largest absolute Gasteiger partial charge is 0.390 e. The van der Waals surface area contributed by atoms with E-state index in [1.54, 1.807) is 0 Å². The lowest BCUT2D eigenvalue weighted by Gasteiger charge is -2.26. The van der Waals surface area contributed by atoms with Crippen LogP contribution in [-0.4, -0.2) is 29.2 Å². The van der Waals surface area contributed by atoms with Gasteiger partial charge in [-0.2, -0.15) is 0 Å². The summed E-state index contributed by atoms with van der Waals surface area (Å²) in [4.78, 5) is 20.1. The Labute approximate surface area is 159 Å². The molecule has 0 bridgehead atoms. The zero-order valence-corrected chi connectivity index (χ0v) is 15.8. The summed E-state index contributed by atoms with van der Waals surface area (Å²) in [5.41, 5.74) is 2.82. The van der Waals surface area contributed by atoms with Crippen molar-refractivity contribution in [3.8, 4) is 0 Å². The fourth-order valence-corrected chi connectivity index (χ4v) is 3.27. The van der Waals surface area contributed by atoms with Gasteiger partial charge < -0.3 is 9.74 Å². The zero-order chi connectivity index (χ0) is 18.5. The van der Waals surface area contributed by atoms with Crippen molar-refractivity contribution in [2.45, 2.75) is 32.9 Å². The second-order valence-electron chi connectivity index (χ2n) is 6.81. The van der Waals surface area contributed by atoms with E-state index >= 15 is 0 Å². The van der Waals surface area contributed by atoms with Gasteiger partial charge in [-0.3, -0.25) is 4.79 Å². The summed E-state index contributed by atoms with van der Waals surface area (Å²) in [6, 6.07) is 17.6. The lowest BCUT2D eigenvalue weighted by molar-refractivity contribution is -0.136. The van der Waals surface area contributed by atoms with Gasteiger partial charge in [-0.1, -0.05) is 79.1 Å². The summed E-state index contributed by atoms with van der Waals surface area (Å²) in [6.45, 7) is 4.91. The number of benzene rings is 2. The molecular formula is C21H23ClN2O2. The van der Waals surface area contributed by atoms with Crippen molar-refractivity contribution in [1.29, 1.82) is 0 Å². The molecule has 136 valence electrons. The Bertz CT molecular complexity index is 790. The first kappa shape index (κ1) is 18.5. The van der Waals surface area contributed by atoms with E-state index in [1.807, 2.05) is 73.3 Å². The Morgan fingerprint density at radius 1 is 1.19 bits per heavy atom. The van der Waals surface area contributed by atoms with E-state index < -0.39 is 0 Å². The molecule has 1 amide bonds. The molecule has 0 radical (unpaired) electrons. The molecule has 4 nitrogen and oxygen atoms in total. The molecule has 26 heavy (non-hydrogen) atoms. The fourth-order valence-electron chi connectivity index (χ4n) is 3.03. The van der Waals surface area contributed by atoms with Gasteiger partial charge in [-0.25, -0.2) is 0 Å². The third-order valence-electron chi connectivity index (χ3n) is 4.36. The predicted octanol–water partition coefficient (Wildman–Crippen LogP) is 4.52. The minimum atomic E-state index is -0.160. The van der Waals surface area contributed by atoms with Crippen LogP contribution >= 0.6 is 11.6 Å². The molecule has 1 aliphatic heterocycles. The lowest BCUT2D eigenvalue weighted by atomic mass is 10.0. The van der Waals surface area contributed by atoms with Crippen LogP contribution in [0.15, 0.2) is 59.8 Å². The minimum Gasteiger partial charge on any atom is -0.390 e. The Morgan fingerprint density at radius 2 is 1.88 bits per heavy atom. The highest BCUT2D eigenvalue weighted by Gasteiger charge is 2.28. The van der Waals surface area contributed by atoms with Crippen LogP contribution in [0.3, 0.4) is 0 Å². The molecule has 5 heteroatoms. The number of carbonyl (C=O) groups is 1. The first-order chi connectivity index (χ1) is 12.5. The summed E-state index contributed by atoms with van der Waals surface area (Å²) in [5.74, 6) is 0.0488. The highest BCUT2D eigenvalue weighted by Crippen LogP contribution is 2.24. The van der Waals surface area contributed by atoms with Gasteiger partial charge >= 0.3 is 0 Å². The van der Waals surface area contributed by atoms with Crippen molar-refractivity contribution < 1.29 is 9.63 Å². The van der Waals surface area contributed by atoms with Gasteiger partial charge in [0, 0.05) is 29.5 Å². The monoisotopic (exact) mass is 370 g/mol. The zero-order valence-electron chi connectivity index (χ0n) is 15.1. The van der Waals surface area contributed by atoms with Gasteiger partial charge in [-0.15, -0.1) is 0 Å². The van der Waals surface area contributed by atoms with Gasteiger partial charge in [0.2, 0.25) is 5.91 Å². The van der Waals surface area contributed by atoms with Crippen LogP contribution in [0.4, 0.5) is 0 Å². The molecule has 1 atom stereocenters. The van der Waals surface area contributed by atoms with Crippen molar-refractivity contribution in [2.24, 2.45) is 11.1 Å². The van der Waals surface area contributed by atoms with E-state index in [9.17, 15) is 4.79 Å². The van der Waals surface area contributed by atoms with E-state index in [4.69, 9.17) is 16.4 Å². The van der Waals surface area contributed by atoms with Crippen molar-refractivity contribution in [1.82, 2.24) is 4.90 Å². The van der Waals surface area contributed by atoms with Gasteiger partial charge in [0.05, 0.1) is 12.3 Å². The molecule has 2 aromatic carbocycles. The number of hydrogen-bond acceptors (Lipinski definition) is 3. The summed E-state index contributed by atoms with van der Waals surface area (Å²) in [6.07, 6.45) is 0.480. The average Bonchev–Trinajstić information content (AvgIpc) is 3.10. The molecule has 0 N–H and O–H groups in total. The molecule has 1 unspecified atom stereocenters. The summed E-state index contributed by atoms with van der Waals surface area (Å²) < 4.78 is 0. The Morgan fingerprint density at radius 3 is 2.58 bits per heavy atom. The number of hydrogen-bond donors (Lipinski definition) is 0. The smallest absolute Gasteiger partial charge is 0.225 e. The maximum atomic E-state index is 12.7. The molecule has 3 rings (SSSR count). The third-order valence-corrected chi connectivity index (χ3v) is 4.69. The maximum Gasteiger partial charge on any atom is 0.225 e. The molecule has 2 aromatic rings. The van der Waals surface area contributed by atoms with Crippen LogP contribution < -0.4 is 0 Å². The third kappa shape index (κ3) is 4.44. The van der Waals surface area contributed by atoms with Gasteiger partial charge in [0.1, 0.15) is 0 Å². The molecular weight excluding hydrogens is 348 g/mol. The Balaban J connectivity index is 1.68. The number of halogens is 1. The van der Waals surface area contributed by atoms with Crippen LogP contribution in [0.25, 0.3) is 0 Å². The Kier molecular flexibility index (Phi) is 5.94. The fraction of sp³-hybridized carbons (Fsp3) is 0.333. The highest BCUT2D eigenvalue weighted by molar-refractivity contribution is 6.34. The van der Waals surface area contributed by atoms with E-state index in [2.05, 4.69) is 5.16 Å². The minimum absolute atomic E-state index is 0.0657. The predicted molar refractivity (Wildman–Crippen MR) is 104 cm³/mol. The van der Waals surface area contributed by atoms with Crippen LogP contribution in [0.2, 0.25) is 5.02 Å². The van der Waals surface area contributed by atoms with Gasteiger partial charge in [-0.05, 0) is 11.6 Å². The highest BCUT2D eigenvalue weighted by atomic mass is 35.5. The van der Waals surface area contributed by atoms with Crippen molar-refractivity contribution in [3.05, 3.63) is 70.7 Å². The first-order valence-corrected chi connectivity index (χ1v) is 9.22. The van der Waals surface area contributed by atoms with Crippen LogP contribution in [-0.2, 0) is 16.2 Å². The topological polar surface area (TPSA) is 41.9 Å². The first-order valence-electron chi connectivity index (χ1n) is 8.85. The molecule has 0 saturated carbocycles. The number of carbonyl (C=O) groups excluding carboxylic acids is 1. The molecule has 0 aliphatic carbocycles. The van der Waals surface area contributed by atoms with Gasteiger partial charge in [0.25, 0.3) is 0 Å². The van der Waals surface area contributed by atoms with Gasteiger partial charge in [0.15, 0.2) is 6.10 Å². The SMILES string of the molecule is CC(C)C(=O)N(Cc1ccccc1)CC1CC(c2ccccc2Cl)=NO1. The number of amides is 1. The van der Waals surface area contributed by atoms with Crippen LogP contribution in [0.5, 0.6) is 0 Å². The number of nitrogens with zero attached hydrogens (tertiary/aromatic N) is 2. The second-order valence-corrected chi connectivity index (χ2v) is 7.22. The van der Waals surface area contributed by atoms with Crippen molar-refractivity contribution in [3.63, 3.8) is 0 Å². The lowest BCUT2D eigenvalue weighted by Crippen LogP contribution is -2.39. The standard InChI is InChI=1S/C21H23ClN2O2/c1-15(2)21(25)24(13-16-8-4-3-5-9-16)14-17-12-20(23-26-17)18-10-6-7-11-19(18)22/h3-11,15,17H,12-14H2,1-2H3. The second kappa shape index (κ2) is 8.37. The quantitative estimate of drug-likeness (QED) is 0.750.